The number of nitrogens with zero attached hydrogens (tertiary/aromatic N) is 1. The monoisotopic (exact) mass is 414 g/mol. The highest BCUT2D eigenvalue weighted by molar-refractivity contribution is 5.82. The number of ether oxygens (including phenoxy) is 2. The van der Waals surface area contributed by atoms with Gasteiger partial charge in [-0.2, -0.15) is 0 Å². The Balaban J connectivity index is 1.51. The molecule has 0 saturated heterocycles. The second kappa shape index (κ2) is 8.96. The second-order valence-corrected chi connectivity index (χ2v) is 7.54. The molecule has 0 saturated carbocycles. The third-order valence-corrected chi connectivity index (χ3v) is 5.49. The van der Waals surface area contributed by atoms with Gasteiger partial charge in [-0.05, 0) is 59.0 Å². The van der Waals surface area contributed by atoms with Crippen molar-refractivity contribution in [2.75, 3.05) is 14.2 Å². The number of fused-ring (bicyclic) bond motifs is 1. The van der Waals surface area contributed by atoms with Crippen LogP contribution in [0.3, 0.4) is 0 Å². The summed E-state index contributed by atoms with van der Waals surface area (Å²) < 4.78 is 11.0. The minimum atomic E-state index is -0.335. The zero-order valence-electron chi connectivity index (χ0n) is 18.0. The lowest BCUT2D eigenvalue weighted by Gasteiger charge is -2.16. The maximum atomic E-state index is 12.6. The van der Waals surface area contributed by atoms with Crippen molar-refractivity contribution in [3.05, 3.63) is 101 Å². The van der Waals surface area contributed by atoms with Gasteiger partial charge in [0.25, 0.3) is 0 Å². The zero-order chi connectivity index (χ0) is 21.8. The molecule has 0 atom stereocenters. The van der Waals surface area contributed by atoms with Gasteiger partial charge in [0.1, 0.15) is 11.5 Å². The van der Waals surface area contributed by atoms with E-state index in [1.165, 1.54) is 11.1 Å². The first-order chi connectivity index (χ1) is 15.1. The molecule has 1 aliphatic rings. The first-order valence-corrected chi connectivity index (χ1v) is 10.3. The summed E-state index contributed by atoms with van der Waals surface area (Å²) in [7, 11) is 3.54. The summed E-state index contributed by atoms with van der Waals surface area (Å²) in [5.74, 6) is 1.33. The van der Waals surface area contributed by atoms with Crippen LogP contribution in [0.1, 0.15) is 27.8 Å². The van der Waals surface area contributed by atoms with Crippen LogP contribution in [0.25, 0.3) is 5.57 Å². The molecule has 0 aromatic heterocycles. The van der Waals surface area contributed by atoms with Crippen molar-refractivity contribution in [2.24, 2.45) is 0 Å². The van der Waals surface area contributed by atoms with Gasteiger partial charge in [-0.25, -0.2) is 4.79 Å². The number of amides is 1. The van der Waals surface area contributed by atoms with Crippen LogP contribution in [0, 0.1) is 6.92 Å². The highest BCUT2D eigenvalue weighted by Crippen LogP contribution is 2.30. The van der Waals surface area contributed by atoms with Crippen molar-refractivity contribution in [1.29, 1.82) is 0 Å². The SMILES string of the molecule is CN/C=C(/c1ccc(OC(=O)N2Cc3ccccc3C2)cc1)c1cc(OC)ccc1C. The summed E-state index contributed by atoms with van der Waals surface area (Å²) in [4.78, 5) is 14.3. The maximum absolute atomic E-state index is 12.6. The lowest BCUT2D eigenvalue weighted by molar-refractivity contribution is 0.152. The number of carbonyl (C=O) groups is 1. The quantitative estimate of drug-likeness (QED) is 0.629. The van der Waals surface area contributed by atoms with Gasteiger partial charge in [0.05, 0.1) is 7.11 Å². The van der Waals surface area contributed by atoms with E-state index in [1.54, 1.807) is 12.0 Å². The van der Waals surface area contributed by atoms with Crippen molar-refractivity contribution in [3.63, 3.8) is 0 Å². The van der Waals surface area contributed by atoms with Gasteiger partial charge in [0.15, 0.2) is 0 Å². The van der Waals surface area contributed by atoms with Crippen molar-refractivity contribution < 1.29 is 14.3 Å². The molecule has 5 heteroatoms. The van der Waals surface area contributed by atoms with Crippen molar-refractivity contribution >= 4 is 11.7 Å². The van der Waals surface area contributed by atoms with Crippen LogP contribution < -0.4 is 14.8 Å². The third-order valence-electron chi connectivity index (χ3n) is 5.49. The van der Waals surface area contributed by atoms with E-state index in [0.717, 1.165) is 28.0 Å². The molecule has 1 amide bonds. The van der Waals surface area contributed by atoms with E-state index in [2.05, 4.69) is 12.2 Å². The Labute approximate surface area is 182 Å². The molecule has 5 nitrogen and oxygen atoms in total. The Kier molecular flexibility index (Phi) is 5.94. The number of rotatable bonds is 5. The normalized spacial score (nSPS) is 13.0. The Hall–Kier alpha value is -3.73. The number of nitrogens with one attached hydrogen (secondary N) is 1. The minimum Gasteiger partial charge on any atom is -0.497 e. The largest absolute Gasteiger partial charge is 0.497 e. The lowest BCUT2D eigenvalue weighted by Crippen LogP contribution is -2.28. The summed E-state index contributed by atoms with van der Waals surface area (Å²) in [6, 6.07) is 21.7. The molecule has 3 aromatic rings. The number of methoxy groups -OCH3 is 1. The Bertz CT molecular complexity index is 1090. The minimum absolute atomic E-state index is 0.335. The molecule has 0 fully saturated rings. The van der Waals surface area contributed by atoms with E-state index in [-0.39, 0.29) is 6.09 Å². The lowest BCUT2D eigenvalue weighted by atomic mass is 9.95. The summed E-state index contributed by atoms with van der Waals surface area (Å²) in [5, 5.41) is 3.13. The first kappa shape index (κ1) is 20.5. The molecule has 0 aliphatic carbocycles. The fourth-order valence-corrected chi connectivity index (χ4v) is 3.81. The average molecular weight is 415 g/mol. The fourth-order valence-electron chi connectivity index (χ4n) is 3.81. The van der Waals surface area contributed by atoms with Crippen molar-refractivity contribution in [1.82, 2.24) is 10.2 Å². The van der Waals surface area contributed by atoms with E-state index in [0.29, 0.717) is 18.8 Å². The Morgan fingerprint density at radius 2 is 1.61 bits per heavy atom. The molecular formula is C26H26N2O3. The predicted octanol–water partition coefficient (Wildman–Crippen LogP) is 5.13. The standard InChI is InChI=1S/C26H26N2O3/c1-18-8-11-23(30-3)14-24(18)25(15-27-2)19-9-12-22(13-10-19)31-26(29)28-16-20-6-4-5-7-21(20)17-28/h4-15,27H,16-17H2,1-3H3/b25-15-. The number of aryl methyl sites for hydroxylation is 1. The molecule has 0 radical (unpaired) electrons. The number of hydrogen-bond donors (Lipinski definition) is 1. The number of hydrogen-bond acceptors (Lipinski definition) is 4. The van der Waals surface area contributed by atoms with Crippen LogP contribution in [0.4, 0.5) is 4.79 Å². The van der Waals surface area contributed by atoms with Crippen LogP contribution >= 0.6 is 0 Å². The van der Waals surface area contributed by atoms with Crippen LogP contribution in [0.15, 0.2) is 72.9 Å². The van der Waals surface area contributed by atoms with E-state index >= 15 is 0 Å². The van der Waals surface area contributed by atoms with Crippen LogP contribution in [-0.2, 0) is 13.1 Å². The molecule has 0 unspecified atom stereocenters. The van der Waals surface area contributed by atoms with E-state index in [9.17, 15) is 4.79 Å². The molecular weight excluding hydrogens is 388 g/mol. The van der Waals surface area contributed by atoms with Gasteiger partial charge in [0.2, 0.25) is 0 Å². The molecule has 4 rings (SSSR count). The first-order valence-electron chi connectivity index (χ1n) is 10.3. The zero-order valence-corrected chi connectivity index (χ0v) is 18.0. The highest BCUT2D eigenvalue weighted by atomic mass is 16.6. The number of benzene rings is 3. The van der Waals surface area contributed by atoms with Gasteiger partial charge < -0.3 is 14.8 Å². The molecule has 158 valence electrons. The maximum Gasteiger partial charge on any atom is 0.415 e. The van der Waals surface area contributed by atoms with Gasteiger partial charge >= 0.3 is 6.09 Å². The Morgan fingerprint density at radius 1 is 0.968 bits per heavy atom. The smallest absolute Gasteiger partial charge is 0.415 e. The Morgan fingerprint density at radius 3 is 2.23 bits per heavy atom. The molecule has 3 aromatic carbocycles. The van der Waals surface area contributed by atoms with Crippen LogP contribution in [0.2, 0.25) is 0 Å². The second-order valence-electron chi connectivity index (χ2n) is 7.54. The van der Waals surface area contributed by atoms with Crippen molar-refractivity contribution in [2.45, 2.75) is 20.0 Å². The highest BCUT2D eigenvalue weighted by Gasteiger charge is 2.24. The molecule has 31 heavy (non-hydrogen) atoms. The van der Waals surface area contributed by atoms with E-state index < -0.39 is 0 Å². The molecule has 1 aliphatic heterocycles. The third kappa shape index (κ3) is 4.40. The van der Waals surface area contributed by atoms with E-state index in [4.69, 9.17) is 9.47 Å². The van der Waals surface area contributed by atoms with Crippen LogP contribution in [0.5, 0.6) is 11.5 Å². The fraction of sp³-hybridized carbons (Fsp3) is 0.192. The topological polar surface area (TPSA) is 50.8 Å². The van der Waals surface area contributed by atoms with Crippen LogP contribution in [-0.4, -0.2) is 25.2 Å². The summed E-state index contributed by atoms with van der Waals surface area (Å²) in [6.07, 6.45) is 1.63. The molecule has 1 N–H and O–H groups in total. The summed E-state index contributed by atoms with van der Waals surface area (Å²) in [6.45, 7) is 3.23. The molecule has 0 bridgehead atoms. The summed E-state index contributed by atoms with van der Waals surface area (Å²) in [5.41, 5.74) is 6.61. The van der Waals surface area contributed by atoms with E-state index in [1.807, 2.05) is 80.0 Å². The van der Waals surface area contributed by atoms with Gasteiger partial charge in [-0.1, -0.05) is 42.5 Å². The number of carbonyl (C=O) groups excluding carboxylic acids is 1. The van der Waals surface area contributed by atoms with Gasteiger partial charge in [-0.3, -0.25) is 4.90 Å². The molecule has 1 heterocycles. The van der Waals surface area contributed by atoms with Crippen molar-refractivity contribution in [3.8, 4) is 11.5 Å². The molecule has 0 spiro atoms. The van der Waals surface area contributed by atoms with Gasteiger partial charge in [0, 0.05) is 31.9 Å². The predicted molar refractivity (Wildman–Crippen MR) is 122 cm³/mol. The van der Waals surface area contributed by atoms with Gasteiger partial charge in [-0.15, -0.1) is 0 Å². The average Bonchev–Trinajstić information content (AvgIpc) is 3.23. The summed E-state index contributed by atoms with van der Waals surface area (Å²) >= 11 is 0.